The molecule has 0 unspecified atom stereocenters. The molecule has 2 N–H and O–H groups in total. The predicted molar refractivity (Wildman–Crippen MR) is 87.1 cm³/mol. The van der Waals surface area contributed by atoms with Gasteiger partial charge in [0.2, 0.25) is 5.91 Å². The number of carbonyl (C=O) groups excluding carboxylic acids is 1. The van der Waals surface area contributed by atoms with Crippen LogP contribution in [-0.4, -0.2) is 31.4 Å². The summed E-state index contributed by atoms with van der Waals surface area (Å²) < 4.78 is 10.0. The van der Waals surface area contributed by atoms with Crippen LogP contribution in [0.1, 0.15) is 11.1 Å². The van der Waals surface area contributed by atoms with E-state index < -0.39 is 0 Å². The molecule has 1 amide bonds. The highest BCUT2D eigenvalue weighted by molar-refractivity contribution is 5.84. The van der Waals surface area contributed by atoms with Gasteiger partial charge in [0.05, 0.1) is 26.9 Å². The second kappa shape index (κ2) is 7.84. The average molecular weight is 314 g/mol. The monoisotopic (exact) mass is 314 g/mol. The van der Waals surface area contributed by atoms with E-state index in [0.29, 0.717) is 11.3 Å². The summed E-state index contributed by atoms with van der Waals surface area (Å²) in [5, 5.41) is 13.5. The lowest BCUT2D eigenvalue weighted by Gasteiger charge is -2.04. The fourth-order valence-corrected chi connectivity index (χ4v) is 1.93. The molecule has 0 aromatic heterocycles. The topological polar surface area (TPSA) is 80.2 Å². The summed E-state index contributed by atoms with van der Waals surface area (Å²) in [7, 11) is 3.07. The van der Waals surface area contributed by atoms with Crippen LogP contribution in [0.25, 0.3) is 0 Å². The first-order chi connectivity index (χ1) is 11.1. The summed E-state index contributed by atoms with van der Waals surface area (Å²) in [6.45, 7) is 0. The summed E-state index contributed by atoms with van der Waals surface area (Å²) in [6, 6.07) is 12.1. The summed E-state index contributed by atoms with van der Waals surface area (Å²) in [5.41, 5.74) is 3.95. The van der Waals surface area contributed by atoms with Gasteiger partial charge < -0.3 is 14.6 Å². The summed E-state index contributed by atoms with van der Waals surface area (Å²) in [4.78, 5) is 11.8. The highest BCUT2D eigenvalue weighted by Crippen LogP contribution is 2.25. The van der Waals surface area contributed by atoms with Crippen molar-refractivity contribution in [2.75, 3.05) is 14.2 Å². The van der Waals surface area contributed by atoms with Gasteiger partial charge in [-0.1, -0.05) is 12.1 Å². The van der Waals surface area contributed by atoms with Gasteiger partial charge in [0.1, 0.15) is 5.75 Å². The fraction of sp³-hybridized carbons (Fsp3) is 0.176. The number of benzene rings is 2. The van der Waals surface area contributed by atoms with E-state index >= 15 is 0 Å². The maximum Gasteiger partial charge on any atom is 0.244 e. The first-order valence-corrected chi connectivity index (χ1v) is 6.94. The van der Waals surface area contributed by atoms with Gasteiger partial charge in [-0.25, -0.2) is 5.43 Å². The van der Waals surface area contributed by atoms with Crippen LogP contribution in [0.5, 0.6) is 17.2 Å². The molecule has 2 aromatic rings. The zero-order valence-electron chi connectivity index (χ0n) is 12.9. The zero-order valence-corrected chi connectivity index (χ0v) is 12.9. The minimum atomic E-state index is -0.232. The second-order valence-corrected chi connectivity index (χ2v) is 4.75. The minimum Gasteiger partial charge on any atom is -0.504 e. The molecule has 2 rings (SSSR count). The number of ether oxygens (including phenoxy) is 2. The van der Waals surface area contributed by atoms with Crippen molar-refractivity contribution in [3.8, 4) is 17.2 Å². The van der Waals surface area contributed by atoms with Crippen molar-refractivity contribution in [2.45, 2.75) is 6.42 Å². The van der Waals surface area contributed by atoms with E-state index in [9.17, 15) is 9.90 Å². The molecule has 0 aliphatic heterocycles. The largest absolute Gasteiger partial charge is 0.504 e. The number of rotatable bonds is 6. The number of nitrogens with zero attached hydrogens (tertiary/aromatic N) is 1. The van der Waals surface area contributed by atoms with Crippen molar-refractivity contribution in [1.29, 1.82) is 0 Å². The molecule has 0 aliphatic rings. The lowest BCUT2D eigenvalue weighted by Crippen LogP contribution is -2.19. The smallest absolute Gasteiger partial charge is 0.244 e. The molecule has 0 saturated carbocycles. The molecule has 120 valence electrons. The summed E-state index contributed by atoms with van der Waals surface area (Å²) in [6.07, 6.45) is 1.67. The molecular formula is C17H18N2O4. The van der Waals surface area contributed by atoms with Crippen molar-refractivity contribution in [3.05, 3.63) is 53.6 Å². The Morgan fingerprint density at radius 1 is 1.17 bits per heavy atom. The van der Waals surface area contributed by atoms with Crippen molar-refractivity contribution in [1.82, 2.24) is 5.43 Å². The van der Waals surface area contributed by atoms with E-state index in [2.05, 4.69) is 10.5 Å². The third-order valence-electron chi connectivity index (χ3n) is 3.13. The Labute approximate surface area is 134 Å². The Morgan fingerprint density at radius 2 is 1.91 bits per heavy atom. The van der Waals surface area contributed by atoms with Gasteiger partial charge in [0.15, 0.2) is 11.5 Å². The van der Waals surface area contributed by atoms with E-state index in [0.717, 1.165) is 11.3 Å². The number of nitrogens with one attached hydrogen (secondary N) is 1. The molecule has 2 aromatic carbocycles. The Balaban J connectivity index is 1.89. The molecule has 0 atom stereocenters. The Bertz CT molecular complexity index is 696. The van der Waals surface area contributed by atoms with Crippen LogP contribution < -0.4 is 14.9 Å². The highest BCUT2D eigenvalue weighted by atomic mass is 16.5. The van der Waals surface area contributed by atoms with Crippen LogP contribution in [0.15, 0.2) is 47.6 Å². The van der Waals surface area contributed by atoms with E-state index in [1.54, 1.807) is 31.4 Å². The predicted octanol–water partition coefficient (Wildman–Crippen LogP) is 2.10. The lowest BCUT2D eigenvalue weighted by atomic mass is 10.1. The van der Waals surface area contributed by atoms with Gasteiger partial charge in [-0.2, -0.15) is 5.10 Å². The number of hydrogen-bond acceptors (Lipinski definition) is 5. The number of methoxy groups -OCH3 is 2. The number of amides is 1. The van der Waals surface area contributed by atoms with Crippen LogP contribution in [0.4, 0.5) is 0 Å². The molecule has 0 aliphatic carbocycles. The van der Waals surface area contributed by atoms with Crippen LogP contribution in [0.2, 0.25) is 0 Å². The number of phenols is 1. The lowest BCUT2D eigenvalue weighted by molar-refractivity contribution is -0.120. The molecule has 0 spiro atoms. The minimum absolute atomic E-state index is 0.0148. The van der Waals surface area contributed by atoms with Crippen molar-refractivity contribution in [3.63, 3.8) is 0 Å². The SMILES string of the molecule is COc1ccc(CC(=O)N/N=C\c2ccc(OC)c(O)c2)cc1. The van der Waals surface area contributed by atoms with Crippen molar-refractivity contribution in [2.24, 2.45) is 5.10 Å². The number of phenolic OH excluding ortho intramolecular Hbond substituents is 1. The maximum atomic E-state index is 11.8. The van der Waals surface area contributed by atoms with Crippen LogP contribution in [-0.2, 0) is 11.2 Å². The van der Waals surface area contributed by atoms with Gasteiger partial charge in [0, 0.05) is 0 Å². The van der Waals surface area contributed by atoms with E-state index in [1.807, 2.05) is 12.1 Å². The fourth-order valence-electron chi connectivity index (χ4n) is 1.93. The molecule has 0 radical (unpaired) electrons. The van der Waals surface area contributed by atoms with Crippen LogP contribution >= 0.6 is 0 Å². The van der Waals surface area contributed by atoms with Gasteiger partial charge in [-0.3, -0.25) is 4.79 Å². The first-order valence-electron chi connectivity index (χ1n) is 6.94. The first kappa shape index (κ1) is 16.4. The van der Waals surface area contributed by atoms with Gasteiger partial charge in [0.25, 0.3) is 0 Å². The molecule has 0 bridgehead atoms. The van der Waals surface area contributed by atoms with E-state index in [1.165, 1.54) is 19.4 Å². The molecular weight excluding hydrogens is 296 g/mol. The third kappa shape index (κ3) is 4.74. The Kier molecular flexibility index (Phi) is 5.57. The zero-order chi connectivity index (χ0) is 16.7. The standard InChI is InChI=1S/C17H18N2O4/c1-22-14-6-3-12(4-7-14)10-17(21)19-18-11-13-5-8-16(23-2)15(20)9-13/h3-9,11,20H,10H2,1-2H3,(H,19,21)/b18-11-. The molecule has 23 heavy (non-hydrogen) atoms. The van der Waals surface area contributed by atoms with Crippen molar-refractivity contribution < 1.29 is 19.4 Å². The quantitative estimate of drug-likeness (QED) is 0.632. The molecule has 6 heteroatoms. The summed E-state index contributed by atoms with van der Waals surface area (Å²) >= 11 is 0. The number of hydrogen-bond donors (Lipinski definition) is 2. The normalized spacial score (nSPS) is 10.5. The van der Waals surface area contributed by atoms with Gasteiger partial charge in [-0.05, 0) is 41.5 Å². The van der Waals surface area contributed by atoms with Crippen molar-refractivity contribution >= 4 is 12.1 Å². The highest BCUT2D eigenvalue weighted by Gasteiger charge is 2.03. The molecule has 0 fully saturated rings. The average Bonchev–Trinajstić information content (AvgIpc) is 2.56. The molecule has 0 heterocycles. The summed E-state index contributed by atoms with van der Waals surface area (Å²) in [5.74, 6) is 0.905. The van der Waals surface area contributed by atoms with Crippen LogP contribution in [0.3, 0.4) is 0 Å². The van der Waals surface area contributed by atoms with Gasteiger partial charge in [-0.15, -0.1) is 0 Å². The third-order valence-corrected chi connectivity index (χ3v) is 3.13. The molecule has 6 nitrogen and oxygen atoms in total. The number of hydrazone groups is 1. The Hall–Kier alpha value is -3.02. The number of carbonyl (C=O) groups is 1. The second-order valence-electron chi connectivity index (χ2n) is 4.75. The molecule has 0 saturated heterocycles. The number of aromatic hydroxyl groups is 1. The van der Waals surface area contributed by atoms with Gasteiger partial charge >= 0.3 is 0 Å². The Morgan fingerprint density at radius 3 is 2.52 bits per heavy atom. The van der Waals surface area contributed by atoms with Crippen LogP contribution in [0, 0.1) is 0 Å². The maximum absolute atomic E-state index is 11.8. The van der Waals surface area contributed by atoms with E-state index in [4.69, 9.17) is 9.47 Å². The van der Waals surface area contributed by atoms with E-state index in [-0.39, 0.29) is 18.1 Å².